The van der Waals surface area contributed by atoms with Crippen molar-refractivity contribution >= 4 is 11.6 Å². The van der Waals surface area contributed by atoms with Crippen LogP contribution in [0.3, 0.4) is 0 Å². The Morgan fingerprint density at radius 1 is 1.09 bits per heavy atom. The van der Waals surface area contributed by atoms with Gasteiger partial charge < -0.3 is 15.5 Å². The van der Waals surface area contributed by atoms with Crippen LogP contribution >= 0.6 is 0 Å². The first kappa shape index (κ1) is 22.5. The number of aromatic nitrogens is 3. The summed E-state index contributed by atoms with van der Waals surface area (Å²) in [5, 5.41) is 11.0. The van der Waals surface area contributed by atoms with Crippen LogP contribution in [0.2, 0.25) is 0 Å². The lowest BCUT2D eigenvalue weighted by atomic mass is 9.98. The number of aryl methyl sites for hydroxylation is 1. The van der Waals surface area contributed by atoms with E-state index in [1.165, 1.54) is 6.07 Å². The molecule has 2 atom stereocenters. The lowest BCUT2D eigenvalue weighted by molar-refractivity contribution is 0.0947. The predicted molar refractivity (Wildman–Crippen MR) is 131 cm³/mol. The summed E-state index contributed by atoms with van der Waals surface area (Å²) in [6.45, 7) is 5.16. The highest BCUT2D eigenvalue weighted by Gasteiger charge is 2.26. The minimum absolute atomic E-state index is 0.0461. The van der Waals surface area contributed by atoms with Crippen LogP contribution < -0.4 is 10.6 Å². The zero-order chi connectivity index (χ0) is 23.8. The molecule has 2 N–H and O–H groups in total. The number of pyridine rings is 1. The van der Waals surface area contributed by atoms with Crippen molar-refractivity contribution in [2.75, 3.05) is 18.9 Å². The third-order valence-electron chi connectivity index (χ3n) is 6.92. The molecule has 34 heavy (non-hydrogen) atoms. The maximum Gasteiger partial charge on any atom is 0.254 e. The molecule has 0 spiro atoms. The van der Waals surface area contributed by atoms with Gasteiger partial charge in [-0.15, -0.1) is 0 Å². The molecule has 2 fully saturated rings. The van der Waals surface area contributed by atoms with Crippen LogP contribution in [0, 0.1) is 12.7 Å². The molecule has 0 radical (unpaired) electrons. The number of hydrogen-bond donors (Lipinski definition) is 2. The van der Waals surface area contributed by atoms with E-state index < -0.39 is 5.82 Å². The SMILES string of the molecule is Cc1cc(F)c(C(=O)NC2CC2)cc1-n1cc(-c2cncc(NC3CCN(C)C(C)C3)c2)cn1. The number of amides is 1. The topological polar surface area (TPSA) is 75.1 Å². The van der Waals surface area contributed by atoms with Gasteiger partial charge >= 0.3 is 0 Å². The molecule has 2 unspecified atom stereocenters. The highest BCUT2D eigenvalue weighted by molar-refractivity contribution is 5.95. The molecule has 1 amide bonds. The van der Waals surface area contributed by atoms with Gasteiger partial charge in [0.05, 0.1) is 23.1 Å². The zero-order valence-electron chi connectivity index (χ0n) is 19.9. The van der Waals surface area contributed by atoms with Crippen molar-refractivity contribution in [1.82, 2.24) is 25.0 Å². The second kappa shape index (κ2) is 9.18. The molecule has 1 aromatic carbocycles. The molecular formula is C26H31FN6O. The first-order valence-electron chi connectivity index (χ1n) is 12.0. The maximum atomic E-state index is 14.5. The second-order valence-corrected chi connectivity index (χ2v) is 9.70. The fourth-order valence-corrected chi connectivity index (χ4v) is 4.51. The van der Waals surface area contributed by atoms with E-state index in [1.54, 1.807) is 16.9 Å². The molecule has 8 heteroatoms. The monoisotopic (exact) mass is 462 g/mol. The van der Waals surface area contributed by atoms with Crippen molar-refractivity contribution in [3.8, 4) is 16.8 Å². The van der Waals surface area contributed by atoms with Gasteiger partial charge in [0.1, 0.15) is 5.82 Å². The first-order chi connectivity index (χ1) is 16.4. The summed E-state index contributed by atoms with van der Waals surface area (Å²) >= 11 is 0. The van der Waals surface area contributed by atoms with Crippen molar-refractivity contribution < 1.29 is 9.18 Å². The highest BCUT2D eigenvalue weighted by Crippen LogP contribution is 2.27. The third kappa shape index (κ3) is 4.82. The largest absolute Gasteiger partial charge is 0.381 e. The molecule has 3 aromatic rings. The van der Waals surface area contributed by atoms with Gasteiger partial charge in [-0.2, -0.15) is 5.10 Å². The molecule has 1 aliphatic carbocycles. The quantitative estimate of drug-likeness (QED) is 0.575. The smallest absolute Gasteiger partial charge is 0.254 e. The number of benzene rings is 1. The fraction of sp³-hybridized carbons (Fsp3) is 0.423. The van der Waals surface area contributed by atoms with E-state index in [2.05, 4.69) is 45.7 Å². The van der Waals surface area contributed by atoms with E-state index >= 15 is 0 Å². The number of anilines is 1. The van der Waals surface area contributed by atoms with Crippen molar-refractivity contribution in [2.24, 2.45) is 0 Å². The van der Waals surface area contributed by atoms with Crippen molar-refractivity contribution in [1.29, 1.82) is 0 Å². The van der Waals surface area contributed by atoms with E-state index in [1.807, 2.05) is 25.5 Å². The lowest BCUT2D eigenvalue weighted by Gasteiger charge is -2.35. The number of nitrogens with zero attached hydrogens (tertiary/aromatic N) is 4. The summed E-state index contributed by atoms with van der Waals surface area (Å²) in [5.41, 5.74) is 4.27. The first-order valence-corrected chi connectivity index (χ1v) is 12.0. The summed E-state index contributed by atoms with van der Waals surface area (Å²) < 4.78 is 16.2. The van der Waals surface area contributed by atoms with E-state index in [4.69, 9.17) is 0 Å². The minimum atomic E-state index is -0.516. The number of likely N-dealkylation sites (tertiary alicyclic amines) is 1. The predicted octanol–water partition coefficient (Wildman–Crippen LogP) is 4.17. The van der Waals surface area contributed by atoms with Crippen molar-refractivity contribution in [3.63, 3.8) is 0 Å². The standard InChI is InChI=1S/C26H31FN6O/c1-16-8-24(27)23(26(34)31-20-4-5-20)11-25(16)33-15-19(13-29-33)18-10-22(14-28-12-18)30-21-6-7-32(3)17(2)9-21/h8,10-15,17,20-21,30H,4-7,9H2,1-3H3,(H,31,34). The average molecular weight is 463 g/mol. The Balaban J connectivity index is 1.36. The zero-order valence-corrected chi connectivity index (χ0v) is 19.9. The molecule has 2 aliphatic rings. The Morgan fingerprint density at radius 2 is 1.91 bits per heavy atom. The van der Waals surface area contributed by atoms with Crippen LogP contribution in [0.5, 0.6) is 0 Å². The molecular weight excluding hydrogens is 431 g/mol. The van der Waals surface area contributed by atoms with E-state index in [0.717, 1.165) is 49.0 Å². The maximum absolute atomic E-state index is 14.5. The molecule has 5 rings (SSSR count). The number of piperidine rings is 1. The number of halogens is 1. The normalized spacial score (nSPS) is 20.8. The Kier molecular flexibility index (Phi) is 6.08. The second-order valence-electron chi connectivity index (χ2n) is 9.70. The van der Waals surface area contributed by atoms with Crippen LogP contribution in [0.25, 0.3) is 16.8 Å². The van der Waals surface area contributed by atoms with Gasteiger partial charge in [-0.3, -0.25) is 9.78 Å². The van der Waals surface area contributed by atoms with E-state index in [0.29, 0.717) is 23.3 Å². The summed E-state index contributed by atoms with van der Waals surface area (Å²) in [6.07, 6.45) is 11.4. The summed E-state index contributed by atoms with van der Waals surface area (Å²) in [4.78, 5) is 19.3. The van der Waals surface area contributed by atoms with Gasteiger partial charge in [0.15, 0.2) is 0 Å². The number of carbonyl (C=O) groups is 1. The van der Waals surface area contributed by atoms with Gasteiger partial charge in [0, 0.05) is 54.4 Å². The Bertz CT molecular complexity index is 1200. The van der Waals surface area contributed by atoms with E-state index in [9.17, 15) is 9.18 Å². The van der Waals surface area contributed by atoms with Crippen LogP contribution in [-0.4, -0.2) is 57.3 Å². The van der Waals surface area contributed by atoms with Gasteiger partial charge in [-0.25, -0.2) is 9.07 Å². The van der Waals surface area contributed by atoms with Crippen LogP contribution in [0.4, 0.5) is 10.1 Å². The molecule has 1 aliphatic heterocycles. The van der Waals surface area contributed by atoms with Gasteiger partial charge in [-0.1, -0.05) is 0 Å². The van der Waals surface area contributed by atoms with Gasteiger partial charge in [0.25, 0.3) is 5.91 Å². The molecule has 7 nitrogen and oxygen atoms in total. The van der Waals surface area contributed by atoms with Gasteiger partial charge in [-0.05, 0) is 70.3 Å². The number of nitrogens with one attached hydrogen (secondary N) is 2. The Labute approximate surface area is 199 Å². The molecule has 3 heterocycles. The number of hydrogen-bond acceptors (Lipinski definition) is 5. The Hall–Kier alpha value is -3.26. The fourth-order valence-electron chi connectivity index (χ4n) is 4.51. The highest BCUT2D eigenvalue weighted by atomic mass is 19.1. The molecule has 1 saturated heterocycles. The van der Waals surface area contributed by atoms with Crippen LogP contribution in [0.1, 0.15) is 48.5 Å². The summed E-state index contributed by atoms with van der Waals surface area (Å²) in [6, 6.07) is 6.20. The molecule has 2 aromatic heterocycles. The Morgan fingerprint density at radius 3 is 2.68 bits per heavy atom. The third-order valence-corrected chi connectivity index (χ3v) is 6.92. The van der Waals surface area contributed by atoms with Gasteiger partial charge in [0.2, 0.25) is 0 Å². The molecule has 178 valence electrons. The number of carbonyl (C=O) groups excluding carboxylic acids is 1. The number of rotatable bonds is 6. The average Bonchev–Trinajstić information content (AvgIpc) is 3.48. The van der Waals surface area contributed by atoms with Crippen LogP contribution in [0.15, 0.2) is 43.0 Å². The van der Waals surface area contributed by atoms with E-state index in [-0.39, 0.29) is 17.5 Å². The molecule has 1 saturated carbocycles. The summed E-state index contributed by atoms with van der Waals surface area (Å²) in [5.74, 6) is -0.891. The van der Waals surface area contributed by atoms with Crippen molar-refractivity contribution in [2.45, 2.75) is 57.7 Å². The molecule has 0 bridgehead atoms. The van der Waals surface area contributed by atoms with Crippen molar-refractivity contribution in [3.05, 3.63) is 59.9 Å². The lowest BCUT2D eigenvalue weighted by Crippen LogP contribution is -2.42. The van der Waals surface area contributed by atoms with Crippen LogP contribution in [-0.2, 0) is 0 Å². The minimum Gasteiger partial charge on any atom is -0.381 e. The summed E-state index contributed by atoms with van der Waals surface area (Å²) in [7, 11) is 2.17.